The van der Waals surface area contributed by atoms with Crippen LogP contribution in [0.2, 0.25) is 0 Å². The van der Waals surface area contributed by atoms with Crippen molar-refractivity contribution in [2.45, 2.75) is 25.4 Å². The Bertz CT molecular complexity index is 571. The van der Waals surface area contributed by atoms with Crippen molar-refractivity contribution in [1.82, 2.24) is 9.97 Å². The Balaban J connectivity index is 1.77. The van der Waals surface area contributed by atoms with E-state index in [2.05, 4.69) is 20.6 Å². The van der Waals surface area contributed by atoms with E-state index >= 15 is 0 Å². The number of thiophene rings is 1. The van der Waals surface area contributed by atoms with E-state index in [1.165, 1.54) is 0 Å². The van der Waals surface area contributed by atoms with Gasteiger partial charge in [0.2, 0.25) is 5.95 Å². The molecule has 0 aliphatic heterocycles. The maximum atomic E-state index is 9.56. The summed E-state index contributed by atoms with van der Waals surface area (Å²) in [6.45, 7) is 0.863. The van der Waals surface area contributed by atoms with Crippen LogP contribution in [0.15, 0.2) is 11.4 Å². The molecule has 0 radical (unpaired) electrons. The summed E-state index contributed by atoms with van der Waals surface area (Å²) in [6.07, 6.45) is 2.78. The summed E-state index contributed by atoms with van der Waals surface area (Å²) in [6, 6.07) is 2.05. The highest BCUT2D eigenvalue weighted by Gasteiger charge is 2.22. The molecule has 1 fully saturated rings. The van der Waals surface area contributed by atoms with Crippen molar-refractivity contribution in [3.05, 3.63) is 11.4 Å². The van der Waals surface area contributed by atoms with E-state index in [-0.39, 0.29) is 6.10 Å². The van der Waals surface area contributed by atoms with Crippen LogP contribution >= 0.6 is 11.3 Å². The van der Waals surface area contributed by atoms with E-state index in [0.717, 1.165) is 41.8 Å². The standard InChI is InChI=1S/C13H18N4OS/c1-14-13-16-11(10-4-5-19-12(10)17-13)15-7-8-2-3-9(18)6-8/h4-5,8-9,18H,2-3,6-7H2,1H3,(H2,14,15,16,17). The molecule has 19 heavy (non-hydrogen) atoms. The zero-order valence-electron chi connectivity index (χ0n) is 10.9. The van der Waals surface area contributed by atoms with E-state index in [0.29, 0.717) is 11.9 Å². The Labute approximate surface area is 116 Å². The van der Waals surface area contributed by atoms with Gasteiger partial charge >= 0.3 is 0 Å². The Kier molecular flexibility index (Phi) is 3.52. The SMILES string of the molecule is CNc1nc(NCC2CCC(O)C2)c2ccsc2n1. The molecule has 102 valence electrons. The van der Waals surface area contributed by atoms with E-state index in [9.17, 15) is 5.11 Å². The number of nitrogens with zero attached hydrogens (tertiary/aromatic N) is 2. The quantitative estimate of drug-likeness (QED) is 0.800. The van der Waals surface area contributed by atoms with Gasteiger partial charge in [-0.05, 0) is 36.6 Å². The van der Waals surface area contributed by atoms with Crippen molar-refractivity contribution in [2.75, 3.05) is 24.2 Å². The van der Waals surface area contributed by atoms with Gasteiger partial charge in [-0.1, -0.05) is 0 Å². The lowest BCUT2D eigenvalue weighted by atomic mass is 10.1. The third kappa shape index (κ3) is 2.64. The van der Waals surface area contributed by atoms with Crippen LogP contribution in [-0.2, 0) is 0 Å². The van der Waals surface area contributed by atoms with Crippen molar-refractivity contribution in [3.63, 3.8) is 0 Å². The van der Waals surface area contributed by atoms with Crippen molar-refractivity contribution >= 4 is 33.3 Å². The molecule has 0 aromatic carbocycles. The van der Waals surface area contributed by atoms with E-state index in [1.54, 1.807) is 11.3 Å². The molecule has 0 amide bonds. The van der Waals surface area contributed by atoms with E-state index < -0.39 is 0 Å². The molecule has 1 aliphatic rings. The fourth-order valence-electron chi connectivity index (χ4n) is 2.58. The van der Waals surface area contributed by atoms with Crippen molar-refractivity contribution in [2.24, 2.45) is 5.92 Å². The lowest BCUT2D eigenvalue weighted by molar-refractivity contribution is 0.178. The number of hydrogen-bond donors (Lipinski definition) is 3. The minimum absolute atomic E-state index is 0.119. The summed E-state index contributed by atoms with van der Waals surface area (Å²) in [5.74, 6) is 2.07. The molecule has 2 heterocycles. The second-order valence-corrected chi connectivity index (χ2v) is 5.89. The minimum atomic E-state index is -0.119. The van der Waals surface area contributed by atoms with Gasteiger partial charge < -0.3 is 15.7 Å². The maximum Gasteiger partial charge on any atom is 0.225 e. The molecule has 2 atom stereocenters. The van der Waals surface area contributed by atoms with Gasteiger partial charge in [-0.15, -0.1) is 11.3 Å². The number of anilines is 2. The van der Waals surface area contributed by atoms with Crippen LogP contribution in [0.25, 0.3) is 10.2 Å². The van der Waals surface area contributed by atoms with Crippen LogP contribution in [0.4, 0.5) is 11.8 Å². The first-order chi connectivity index (χ1) is 9.26. The molecular formula is C13H18N4OS. The van der Waals surface area contributed by atoms with Crippen LogP contribution in [-0.4, -0.2) is 34.8 Å². The normalized spacial score (nSPS) is 22.8. The Morgan fingerprint density at radius 3 is 3.05 bits per heavy atom. The largest absolute Gasteiger partial charge is 0.393 e. The van der Waals surface area contributed by atoms with Gasteiger partial charge in [0.25, 0.3) is 0 Å². The summed E-state index contributed by atoms with van der Waals surface area (Å²) in [4.78, 5) is 9.90. The van der Waals surface area contributed by atoms with Gasteiger partial charge in [0.05, 0.1) is 11.5 Å². The topological polar surface area (TPSA) is 70.1 Å². The highest BCUT2D eigenvalue weighted by Crippen LogP contribution is 2.29. The van der Waals surface area contributed by atoms with Crippen LogP contribution in [0.3, 0.4) is 0 Å². The van der Waals surface area contributed by atoms with E-state index in [4.69, 9.17) is 0 Å². The summed E-state index contributed by atoms with van der Waals surface area (Å²) in [5, 5.41) is 19.1. The van der Waals surface area contributed by atoms with Gasteiger partial charge in [0, 0.05) is 13.6 Å². The van der Waals surface area contributed by atoms with Crippen LogP contribution < -0.4 is 10.6 Å². The van der Waals surface area contributed by atoms with Crippen molar-refractivity contribution in [3.8, 4) is 0 Å². The van der Waals surface area contributed by atoms with Crippen LogP contribution in [0, 0.1) is 5.92 Å². The van der Waals surface area contributed by atoms with Crippen LogP contribution in [0.1, 0.15) is 19.3 Å². The number of fused-ring (bicyclic) bond motifs is 1. The zero-order chi connectivity index (χ0) is 13.2. The highest BCUT2D eigenvalue weighted by molar-refractivity contribution is 7.16. The Morgan fingerprint density at radius 2 is 2.32 bits per heavy atom. The van der Waals surface area contributed by atoms with E-state index in [1.807, 2.05) is 18.5 Å². The fourth-order valence-corrected chi connectivity index (χ4v) is 3.34. The average Bonchev–Trinajstić information content (AvgIpc) is 3.04. The third-order valence-electron chi connectivity index (χ3n) is 3.62. The first kappa shape index (κ1) is 12.6. The van der Waals surface area contributed by atoms with Crippen LogP contribution in [0.5, 0.6) is 0 Å². The van der Waals surface area contributed by atoms with Gasteiger partial charge in [-0.2, -0.15) is 4.98 Å². The number of hydrogen-bond acceptors (Lipinski definition) is 6. The van der Waals surface area contributed by atoms with Gasteiger partial charge in [0.15, 0.2) is 0 Å². The predicted octanol–water partition coefficient (Wildman–Crippen LogP) is 2.31. The van der Waals surface area contributed by atoms with Gasteiger partial charge in [-0.25, -0.2) is 4.98 Å². The second kappa shape index (κ2) is 5.30. The van der Waals surface area contributed by atoms with Gasteiger partial charge in [0.1, 0.15) is 10.6 Å². The molecule has 3 N–H and O–H groups in total. The first-order valence-electron chi connectivity index (χ1n) is 6.61. The summed E-state index contributed by atoms with van der Waals surface area (Å²) < 4.78 is 0. The number of aliphatic hydroxyl groups excluding tert-OH is 1. The number of aliphatic hydroxyl groups is 1. The molecule has 0 spiro atoms. The Morgan fingerprint density at radius 1 is 1.42 bits per heavy atom. The molecule has 1 aliphatic carbocycles. The zero-order valence-corrected chi connectivity index (χ0v) is 11.7. The molecule has 0 saturated heterocycles. The monoisotopic (exact) mass is 278 g/mol. The molecule has 2 aromatic heterocycles. The minimum Gasteiger partial charge on any atom is -0.393 e. The molecule has 5 nitrogen and oxygen atoms in total. The molecule has 2 aromatic rings. The Hall–Kier alpha value is -1.40. The summed E-state index contributed by atoms with van der Waals surface area (Å²) in [5.41, 5.74) is 0. The van der Waals surface area contributed by atoms with Crippen molar-refractivity contribution < 1.29 is 5.11 Å². The fraction of sp³-hybridized carbons (Fsp3) is 0.538. The predicted molar refractivity (Wildman–Crippen MR) is 78.8 cm³/mol. The summed E-state index contributed by atoms with van der Waals surface area (Å²) in [7, 11) is 1.83. The smallest absolute Gasteiger partial charge is 0.225 e. The average molecular weight is 278 g/mol. The third-order valence-corrected chi connectivity index (χ3v) is 4.43. The number of rotatable bonds is 4. The first-order valence-corrected chi connectivity index (χ1v) is 7.49. The lowest BCUT2D eigenvalue weighted by Gasteiger charge is -2.12. The lowest BCUT2D eigenvalue weighted by Crippen LogP contribution is -2.14. The molecule has 6 heteroatoms. The molecule has 1 saturated carbocycles. The van der Waals surface area contributed by atoms with Gasteiger partial charge in [-0.3, -0.25) is 0 Å². The molecular weight excluding hydrogens is 260 g/mol. The van der Waals surface area contributed by atoms with Crippen molar-refractivity contribution in [1.29, 1.82) is 0 Å². The molecule has 3 rings (SSSR count). The summed E-state index contributed by atoms with van der Waals surface area (Å²) >= 11 is 1.62. The number of aromatic nitrogens is 2. The maximum absolute atomic E-state index is 9.56. The molecule has 0 bridgehead atoms. The number of nitrogens with one attached hydrogen (secondary N) is 2. The molecule has 2 unspecified atom stereocenters. The second-order valence-electron chi connectivity index (χ2n) is 5.00. The highest BCUT2D eigenvalue weighted by atomic mass is 32.1.